The summed E-state index contributed by atoms with van der Waals surface area (Å²) >= 11 is 1.98. The first kappa shape index (κ1) is 28.1. The lowest BCUT2D eigenvalue weighted by atomic mass is 9.76. The van der Waals surface area contributed by atoms with E-state index in [1.165, 1.54) is 17.0 Å². The molecule has 2 atom stereocenters. The van der Waals surface area contributed by atoms with Crippen LogP contribution >= 0.6 is 22.6 Å². The molecule has 1 amide bonds. The molecule has 1 saturated heterocycles. The van der Waals surface area contributed by atoms with Crippen LogP contribution in [0.15, 0.2) is 47.4 Å². The van der Waals surface area contributed by atoms with Gasteiger partial charge in [-0.3, -0.25) is 4.79 Å². The molecule has 202 valence electrons. The molecule has 1 aliphatic heterocycles. The van der Waals surface area contributed by atoms with Gasteiger partial charge in [0.25, 0.3) is 0 Å². The van der Waals surface area contributed by atoms with Crippen molar-refractivity contribution in [1.29, 1.82) is 0 Å². The normalized spacial score (nSPS) is 22.5. The highest BCUT2D eigenvalue weighted by Crippen LogP contribution is 2.56. The Morgan fingerprint density at radius 1 is 1.03 bits per heavy atom. The van der Waals surface area contributed by atoms with Crippen molar-refractivity contribution >= 4 is 38.3 Å². The summed E-state index contributed by atoms with van der Waals surface area (Å²) in [5.41, 5.74) is -7.42. The minimum Gasteiger partial charge on any atom is -0.338 e. The van der Waals surface area contributed by atoms with E-state index in [9.17, 15) is 43.9 Å². The molecule has 13 heteroatoms. The van der Waals surface area contributed by atoms with Gasteiger partial charge in [0.05, 0.1) is 10.9 Å². The maximum Gasteiger partial charge on any atom is 0.435 e. The summed E-state index contributed by atoms with van der Waals surface area (Å²) in [5, 5.41) is 0. The van der Waals surface area contributed by atoms with E-state index >= 15 is 0 Å². The molecule has 0 unspecified atom stereocenters. The van der Waals surface area contributed by atoms with E-state index in [-0.39, 0.29) is 54.2 Å². The number of halogens is 8. The third kappa shape index (κ3) is 4.05. The van der Waals surface area contributed by atoms with Crippen molar-refractivity contribution in [2.24, 2.45) is 0 Å². The molecule has 0 N–H and O–H groups in total. The number of benzene rings is 2. The van der Waals surface area contributed by atoms with Gasteiger partial charge in [-0.15, -0.1) is 0 Å². The predicted octanol–water partition coefficient (Wildman–Crippen LogP) is 6.21. The van der Waals surface area contributed by atoms with Gasteiger partial charge in [0.2, 0.25) is 5.91 Å². The Kier molecular flexibility index (Phi) is 6.91. The lowest BCUT2D eigenvalue weighted by molar-refractivity contribution is -0.348. The van der Waals surface area contributed by atoms with E-state index in [0.717, 1.165) is 9.64 Å². The highest BCUT2D eigenvalue weighted by molar-refractivity contribution is 14.1. The average molecular weight is 663 g/mol. The number of hydrogen-bond donors (Lipinski definition) is 0. The molecule has 0 spiro atoms. The summed E-state index contributed by atoms with van der Waals surface area (Å²) in [6.07, 6.45) is -12.8. The summed E-state index contributed by atoms with van der Waals surface area (Å²) < 4.78 is 122. The van der Waals surface area contributed by atoms with E-state index in [4.69, 9.17) is 0 Å². The average Bonchev–Trinajstić information content (AvgIpc) is 3.23. The van der Waals surface area contributed by atoms with Crippen LogP contribution in [-0.2, 0) is 31.5 Å². The number of aryl methyl sites for hydroxylation is 1. The van der Waals surface area contributed by atoms with Crippen molar-refractivity contribution in [3.05, 3.63) is 62.7 Å². The summed E-state index contributed by atoms with van der Waals surface area (Å²) in [6, 6.07) is 6.65. The second-order valence-corrected chi connectivity index (χ2v) is 12.6. The van der Waals surface area contributed by atoms with Gasteiger partial charge in [0.1, 0.15) is 4.75 Å². The third-order valence-electron chi connectivity index (χ3n) is 7.29. The topological polar surface area (TPSA) is 54.5 Å². The van der Waals surface area contributed by atoms with Crippen LogP contribution in [0.25, 0.3) is 0 Å². The molecule has 4 rings (SSSR count). The fourth-order valence-electron chi connectivity index (χ4n) is 5.56. The van der Waals surface area contributed by atoms with Crippen LogP contribution in [0.3, 0.4) is 0 Å². The zero-order chi connectivity index (χ0) is 27.6. The van der Waals surface area contributed by atoms with Crippen LogP contribution < -0.4 is 0 Å². The van der Waals surface area contributed by atoms with Gasteiger partial charge in [-0.25, -0.2) is 12.8 Å². The molecule has 2 aromatic carbocycles. The zero-order valence-corrected chi connectivity index (χ0v) is 22.2. The Hall–Kier alpha value is -1.90. The van der Waals surface area contributed by atoms with Crippen LogP contribution in [0.4, 0.5) is 30.7 Å². The van der Waals surface area contributed by atoms with Crippen LogP contribution in [0, 0.1) is 3.57 Å². The highest BCUT2D eigenvalue weighted by atomic mass is 127. The molecular formula is C24H21F7INO3S. The highest BCUT2D eigenvalue weighted by Gasteiger charge is 2.73. The first-order valence-corrected chi connectivity index (χ1v) is 13.8. The summed E-state index contributed by atoms with van der Waals surface area (Å²) in [6.45, 7) is 1.65. The van der Waals surface area contributed by atoms with Gasteiger partial charge < -0.3 is 4.90 Å². The minimum absolute atomic E-state index is 0.0100. The summed E-state index contributed by atoms with van der Waals surface area (Å²) in [5.74, 6) is -0.318. The number of hydrogen-bond acceptors (Lipinski definition) is 3. The van der Waals surface area contributed by atoms with Crippen LogP contribution in [0.1, 0.15) is 42.9 Å². The SMILES string of the molecule is CCC(=O)N1CC[C@@]2(S(=O)(=O)c3ccc(I)cc3)c3ccc(C(F)(C(F)(F)F)C(F)(F)F)cc3CC[C@@H]12. The largest absolute Gasteiger partial charge is 0.435 e. The standard InChI is InChI=1S/C24H21F7INO3S/c1-2-20(34)33-12-11-21(37(35,36)17-7-5-16(32)6-8-17)18-9-4-15(13-14(18)3-10-19(21)33)22(25,23(26,27)28)24(29,30)31/h4-9,13,19H,2-3,10-12H2,1H3/t19-,21-/m1/s1. The van der Waals surface area contributed by atoms with Gasteiger partial charge >= 0.3 is 18.0 Å². The molecule has 0 aromatic heterocycles. The van der Waals surface area contributed by atoms with Crippen molar-refractivity contribution in [2.75, 3.05) is 6.54 Å². The Morgan fingerprint density at radius 3 is 2.16 bits per heavy atom. The number of fused-ring (bicyclic) bond motifs is 3. The Balaban J connectivity index is 1.96. The number of carbonyl (C=O) groups is 1. The second-order valence-electron chi connectivity index (χ2n) is 9.12. The molecule has 4 nitrogen and oxygen atoms in total. The number of rotatable bonds is 4. The molecule has 1 fully saturated rings. The van der Waals surface area contributed by atoms with Gasteiger partial charge in [0, 0.05) is 22.1 Å². The third-order valence-corrected chi connectivity index (χ3v) is 10.6. The van der Waals surface area contributed by atoms with E-state index in [1.807, 2.05) is 22.6 Å². The quantitative estimate of drug-likeness (QED) is 0.289. The van der Waals surface area contributed by atoms with E-state index < -0.39 is 44.2 Å². The first-order valence-electron chi connectivity index (χ1n) is 11.3. The van der Waals surface area contributed by atoms with Crippen molar-refractivity contribution in [2.45, 2.75) is 66.3 Å². The molecular weight excluding hydrogens is 642 g/mol. The molecule has 2 aromatic rings. The maximum atomic E-state index is 14.8. The molecule has 1 heterocycles. The van der Waals surface area contributed by atoms with Crippen molar-refractivity contribution in [1.82, 2.24) is 4.90 Å². The van der Waals surface area contributed by atoms with Crippen molar-refractivity contribution in [3.63, 3.8) is 0 Å². The molecule has 0 radical (unpaired) electrons. The maximum absolute atomic E-state index is 14.8. The van der Waals surface area contributed by atoms with E-state index in [2.05, 4.69) is 0 Å². The second kappa shape index (κ2) is 9.09. The number of nitrogens with zero attached hydrogens (tertiary/aromatic N) is 1. The smallest absolute Gasteiger partial charge is 0.338 e. The number of carbonyl (C=O) groups excluding carboxylic acids is 1. The van der Waals surface area contributed by atoms with Crippen LogP contribution in [0.2, 0.25) is 0 Å². The zero-order valence-electron chi connectivity index (χ0n) is 19.3. The number of likely N-dealkylation sites (tertiary alicyclic amines) is 1. The molecule has 1 aliphatic carbocycles. The van der Waals surface area contributed by atoms with Crippen molar-refractivity contribution in [3.8, 4) is 0 Å². The first-order chi connectivity index (χ1) is 17.0. The predicted molar refractivity (Wildman–Crippen MR) is 128 cm³/mol. The fraction of sp³-hybridized carbons (Fsp3) is 0.458. The number of sulfone groups is 1. The molecule has 0 bridgehead atoms. The Morgan fingerprint density at radius 2 is 1.62 bits per heavy atom. The number of amides is 1. The summed E-state index contributed by atoms with van der Waals surface area (Å²) in [7, 11) is -4.31. The lowest BCUT2D eigenvalue weighted by Crippen LogP contribution is -2.53. The lowest BCUT2D eigenvalue weighted by Gasteiger charge is -2.43. The Bertz CT molecular complexity index is 1310. The van der Waals surface area contributed by atoms with E-state index in [0.29, 0.717) is 12.1 Å². The van der Waals surface area contributed by atoms with Crippen molar-refractivity contribution < 1.29 is 43.9 Å². The van der Waals surface area contributed by atoms with Gasteiger partial charge in [-0.2, -0.15) is 26.3 Å². The van der Waals surface area contributed by atoms with Crippen LogP contribution in [-0.4, -0.2) is 44.2 Å². The molecule has 37 heavy (non-hydrogen) atoms. The van der Waals surface area contributed by atoms with Gasteiger partial charge in [-0.05, 0) is 77.2 Å². The Labute approximate surface area is 222 Å². The van der Waals surface area contributed by atoms with Gasteiger partial charge in [-0.1, -0.05) is 25.1 Å². The number of alkyl halides is 7. The minimum atomic E-state index is -6.29. The molecule has 0 saturated carbocycles. The fourth-order valence-corrected chi connectivity index (χ4v) is 8.28. The summed E-state index contributed by atoms with van der Waals surface area (Å²) in [4.78, 5) is 14.0. The van der Waals surface area contributed by atoms with Crippen LogP contribution in [0.5, 0.6) is 0 Å². The van der Waals surface area contributed by atoms with E-state index in [1.54, 1.807) is 19.1 Å². The van der Waals surface area contributed by atoms with Gasteiger partial charge in [0.15, 0.2) is 9.84 Å². The molecule has 2 aliphatic rings. The monoisotopic (exact) mass is 663 g/mol.